The summed E-state index contributed by atoms with van der Waals surface area (Å²) in [5.41, 5.74) is 1.30. The monoisotopic (exact) mass is 388 g/mol. The number of carbonyl (C=O) groups is 1. The number of benzene rings is 1. The van der Waals surface area contributed by atoms with Gasteiger partial charge >= 0.3 is 0 Å². The van der Waals surface area contributed by atoms with Crippen LogP contribution in [0.1, 0.15) is 0 Å². The summed E-state index contributed by atoms with van der Waals surface area (Å²) >= 11 is 1.19. The van der Waals surface area contributed by atoms with Crippen molar-refractivity contribution in [2.24, 2.45) is 0 Å². The highest BCUT2D eigenvalue weighted by Gasteiger charge is 2.21. The van der Waals surface area contributed by atoms with Crippen LogP contribution >= 0.6 is 11.8 Å². The highest BCUT2D eigenvalue weighted by atomic mass is 32.2. The molecule has 1 amide bonds. The third-order valence-electron chi connectivity index (χ3n) is 4.43. The van der Waals surface area contributed by atoms with Gasteiger partial charge in [0.15, 0.2) is 16.3 Å². The molecule has 4 rings (SSSR count). The predicted molar refractivity (Wildman–Crippen MR) is 100 cm³/mol. The van der Waals surface area contributed by atoms with Crippen molar-refractivity contribution in [3.8, 4) is 0 Å². The summed E-state index contributed by atoms with van der Waals surface area (Å²) < 4.78 is 13.0. The minimum Gasteiger partial charge on any atom is -0.368 e. The number of hydrogen-bond acceptors (Lipinski definition) is 6. The maximum atomic E-state index is 13.0. The Bertz CT molecular complexity index is 1010. The second-order valence-electron chi connectivity index (χ2n) is 6.11. The molecule has 0 spiro atoms. The lowest BCUT2D eigenvalue weighted by molar-refractivity contribution is -0.128. The smallest absolute Gasteiger partial charge is 0.277 e. The average Bonchev–Trinajstić information content (AvgIpc) is 3.16. The molecule has 0 radical (unpaired) electrons. The Labute approximate surface area is 157 Å². The Kier molecular flexibility index (Phi) is 4.80. The first-order valence-electron chi connectivity index (χ1n) is 8.44. The number of rotatable bonds is 4. The molecule has 140 valence electrons. The van der Waals surface area contributed by atoms with E-state index in [1.165, 1.54) is 30.2 Å². The molecule has 10 heteroatoms. The Morgan fingerprint density at radius 1 is 1.19 bits per heavy atom. The molecule has 2 N–H and O–H groups in total. The topological polar surface area (TPSA) is 98.0 Å². The van der Waals surface area contributed by atoms with E-state index in [0.29, 0.717) is 42.5 Å². The number of piperazine rings is 1. The molecule has 1 aliphatic rings. The molecular formula is C17H17FN6O2S. The van der Waals surface area contributed by atoms with E-state index in [0.717, 1.165) is 5.69 Å². The summed E-state index contributed by atoms with van der Waals surface area (Å²) in [6.07, 6.45) is 1.41. The highest BCUT2D eigenvalue weighted by molar-refractivity contribution is 7.99. The molecule has 0 aliphatic carbocycles. The largest absolute Gasteiger partial charge is 0.368 e. The molecule has 0 atom stereocenters. The Balaban J connectivity index is 1.32. The Morgan fingerprint density at radius 3 is 2.67 bits per heavy atom. The van der Waals surface area contributed by atoms with Gasteiger partial charge in [0.2, 0.25) is 5.91 Å². The number of nitrogens with zero attached hydrogens (tertiary/aromatic N) is 4. The number of carbonyl (C=O) groups excluding carboxylic acids is 1. The fourth-order valence-corrected chi connectivity index (χ4v) is 3.74. The fraction of sp³-hybridized carbons (Fsp3) is 0.294. The minimum absolute atomic E-state index is 0.0106. The molecule has 0 unspecified atom stereocenters. The maximum absolute atomic E-state index is 13.0. The van der Waals surface area contributed by atoms with Crippen LogP contribution in [0.4, 0.5) is 10.1 Å². The van der Waals surface area contributed by atoms with Crippen LogP contribution in [0.2, 0.25) is 0 Å². The lowest BCUT2D eigenvalue weighted by Crippen LogP contribution is -2.49. The molecule has 0 saturated carbocycles. The molecule has 1 saturated heterocycles. The van der Waals surface area contributed by atoms with Gasteiger partial charge in [-0.2, -0.15) is 0 Å². The van der Waals surface area contributed by atoms with Gasteiger partial charge in [-0.25, -0.2) is 14.4 Å². The van der Waals surface area contributed by atoms with E-state index in [2.05, 4.69) is 24.8 Å². The van der Waals surface area contributed by atoms with Crippen molar-refractivity contribution in [1.29, 1.82) is 0 Å². The summed E-state index contributed by atoms with van der Waals surface area (Å²) in [5.74, 6) is -0.0807. The van der Waals surface area contributed by atoms with Gasteiger partial charge in [0.05, 0.1) is 12.1 Å². The van der Waals surface area contributed by atoms with E-state index < -0.39 is 0 Å². The third kappa shape index (κ3) is 3.80. The SMILES string of the molecule is O=C(CSc1nc2nc[nH]c2c(=O)[nH]1)N1CCN(c2ccc(F)cc2)CC1. The molecule has 1 fully saturated rings. The van der Waals surface area contributed by atoms with Crippen molar-refractivity contribution in [3.63, 3.8) is 0 Å². The second kappa shape index (κ2) is 7.39. The number of amides is 1. The summed E-state index contributed by atoms with van der Waals surface area (Å²) in [7, 11) is 0. The zero-order valence-corrected chi connectivity index (χ0v) is 15.1. The van der Waals surface area contributed by atoms with E-state index in [-0.39, 0.29) is 23.0 Å². The number of nitrogens with one attached hydrogen (secondary N) is 2. The van der Waals surface area contributed by atoms with Crippen LogP contribution in [0.5, 0.6) is 0 Å². The zero-order valence-electron chi connectivity index (χ0n) is 14.3. The first-order valence-corrected chi connectivity index (χ1v) is 9.43. The molecule has 1 aliphatic heterocycles. The Morgan fingerprint density at radius 2 is 1.93 bits per heavy atom. The Hall–Kier alpha value is -2.88. The van der Waals surface area contributed by atoms with E-state index in [4.69, 9.17) is 0 Å². The summed E-state index contributed by atoms with van der Waals surface area (Å²) in [6.45, 7) is 2.57. The van der Waals surface area contributed by atoms with Crippen molar-refractivity contribution in [1.82, 2.24) is 24.8 Å². The van der Waals surface area contributed by atoms with Gasteiger partial charge in [-0.05, 0) is 24.3 Å². The number of fused-ring (bicyclic) bond motifs is 1. The molecule has 8 nitrogen and oxygen atoms in total. The first-order chi connectivity index (χ1) is 13.1. The van der Waals surface area contributed by atoms with Crippen LogP contribution in [0.25, 0.3) is 11.2 Å². The number of imidazole rings is 1. The van der Waals surface area contributed by atoms with Crippen LogP contribution in [-0.2, 0) is 4.79 Å². The second-order valence-corrected chi connectivity index (χ2v) is 7.07. The van der Waals surface area contributed by atoms with Crippen molar-refractivity contribution in [3.05, 3.63) is 46.8 Å². The lowest BCUT2D eigenvalue weighted by Gasteiger charge is -2.36. The number of aromatic amines is 2. The predicted octanol–water partition coefficient (Wildman–Crippen LogP) is 1.23. The maximum Gasteiger partial charge on any atom is 0.277 e. The lowest BCUT2D eigenvalue weighted by atomic mass is 10.2. The van der Waals surface area contributed by atoms with Crippen LogP contribution in [-0.4, -0.2) is 62.7 Å². The number of aromatic nitrogens is 4. The normalized spacial score (nSPS) is 14.7. The third-order valence-corrected chi connectivity index (χ3v) is 5.29. The van der Waals surface area contributed by atoms with Gasteiger partial charge in [-0.15, -0.1) is 0 Å². The van der Waals surface area contributed by atoms with E-state index in [1.807, 2.05) is 0 Å². The first kappa shape index (κ1) is 17.5. The molecule has 1 aromatic carbocycles. The number of hydrogen-bond donors (Lipinski definition) is 2. The van der Waals surface area contributed by atoms with Crippen molar-refractivity contribution in [2.75, 3.05) is 36.8 Å². The highest BCUT2D eigenvalue weighted by Crippen LogP contribution is 2.18. The van der Waals surface area contributed by atoms with Crippen LogP contribution in [0.15, 0.2) is 40.5 Å². The number of thioether (sulfide) groups is 1. The van der Waals surface area contributed by atoms with E-state index >= 15 is 0 Å². The molecular weight excluding hydrogens is 371 g/mol. The molecule has 27 heavy (non-hydrogen) atoms. The molecule has 0 bridgehead atoms. The average molecular weight is 388 g/mol. The van der Waals surface area contributed by atoms with Gasteiger partial charge in [0, 0.05) is 31.9 Å². The van der Waals surface area contributed by atoms with E-state index in [1.54, 1.807) is 17.0 Å². The number of anilines is 1. The molecule has 3 heterocycles. The number of H-pyrrole nitrogens is 2. The van der Waals surface area contributed by atoms with Gasteiger partial charge in [-0.1, -0.05) is 11.8 Å². The van der Waals surface area contributed by atoms with Crippen LogP contribution in [0.3, 0.4) is 0 Å². The van der Waals surface area contributed by atoms with Gasteiger partial charge in [0.25, 0.3) is 5.56 Å². The summed E-state index contributed by atoms with van der Waals surface area (Å²) in [4.78, 5) is 41.8. The zero-order chi connectivity index (χ0) is 18.8. The minimum atomic E-state index is -0.305. The summed E-state index contributed by atoms with van der Waals surface area (Å²) in [6, 6.07) is 6.37. The fourth-order valence-electron chi connectivity index (χ4n) is 2.98. The quantitative estimate of drug-likeness (QED) is 0.515. The molecule has 2 aromatic heterocycles. The van der Waals surface area contributed by atoms with Crippen LogP contribution < -0.4 is 10.5 Å². The van der Waals surface area contributed by atoms with Crippen molar-refractivity contribution in [2.45, 2.75) is 5.16 Å². The molecule has 3 aromatic rings. The van der Waals surface area contributed by atoms with Gasteiger partial charge < -0.3 is 14.8 Å². The summed E-state index contributed by atoms with van der Waals surface area (Å²) in [5, 5.41) is 0.373. The van der Waals surface area contributed by atoms with Crippen LogP contribution in [0, 0.1) is 5.82 Å². The number of halogens is 1. The standard InChI is InChI=1S/C17H17FN6O2S/c18-11-1-3-12(4-2-11)23-5-7-24(8-6-23)13(25)9-27-17-21-15-14(16(26)22-17)19-10-20-15/h1-4,10H,5-9H2,(H2,19,20,21,22,26). The van der Waals surface area contributed by atoms with Gasteiger partial charge in [0.1, 0.15) is 5.82 Å². The van der Waals surface area contributed by atoms with Crippen molar-refractivity contribution >= 4 is 34.5 Å². The van der Waals surface area contributed by atoms with Crippen molar-refractivity contribution < 1.29 is 9.18 Å². The van der Waals surface area contributed by atoms with Gasteiger partial charge in [-0.3, -0.25) is 14.6 Å². The van der Waals surface area contributed by atoms with E-state index in [9.17, 15) is 14.0 Å².